The first-order valence-corrected chi connectivity index (χ1v) is 5.52. The maximum atomic E-state index is 10.6. The van der Waals surface area contributed by atoms with Gasteiger partial charge in [-0.2, -0.15) is 0 Å². The zero-order valence-electron chi connectivity index (χ0n) is 13.2. The topological polar surface area (TPSA) is 187 Å². The summed E-state index contributed by atoms with van der Waals surface area (Å²) in [4.78, 5) is 44.4. The van der Waals surface area contributed by atoms with Gasteiger partial charge in [-0.15, -0.1) is 0 Å². The fraction of sp³-hybridized carbons (Fsp3) is 0.600. The number of aliphatic carboxylic acids is 4. The summed E-state index contributed by atoms with van der Waals surface area (Å²) in [5.74, 6) is -4.91. The Hall–Kier alpha value is 0.600. The Balaban J connectivity index is -0.000000180. The van der Waals surface area contributed by atoms with Gasteiger partial charge in [0.2, 0.25) is 0 Å². The molecule has 0 unspecified atom stereocenters. The summed E-state index contributed by atoms with van der Waals surface area (Å²) in [5.41, 5.74) is 0. The summed E-state index contributed by atoms with van der Waals surface area (Å²) in [5, 5.41) is 34.5. The molecule has 6 N–H and O–H groups in total. The van der Waals surface area contributed by atoms with Gasteiger partial charge in [-0.1, -0.05) is 0 Å². The van der Waals surface area contributed by atoms with E-state index in [1.807, 2.05) is 0 Å². The maximum Gasteiger partial charge on any atom is 3.00 e. The molecule has 15 heteroatoms. The third-order valence-electron chi connectivity index (χ3n) is 2.17. The second kappa shape index (κ2) is 22.6. The van der Waals surface area contributed by atoms with Gasteiger partial charge in [-0.25, -0.2) is 0 Å². The van der Waals surface area contributed by atoms with E-state index in [4.69, 9.17) is 20.4 Å². The van der Waals surface area contributed by atoms with Gasteiger partial charge >= 0.3 is 94.7 Å². The predicted octanol–water partition coefficient (Wildman–Crippen LogP) is -11.9. The average Bonchev–Trinajstić information content (AvgIpc) is 2.22. The van der Waals surface area contributed by atoms with Crippen molar-refractivity contribution in [3.05, 3.63) is 0 Å². The Labute approximate surface area is 211 Å². The molecular weight excluding hydrogens is 503 g/mol. The quantitative estimate of drug-likeness (QED) is 0.190. The van der Waals surface area contributed by atoms with Gasteiger partial charge in [0.05, 0.1) is 26.2 Å². The van der Waals surface area contributed by atoms with Crippen LogP contribution in [0.4, 0.5) is 0 Å². The van der Waals surface area contributed by atoms with Crippen molar-refractivity contribution in [3.63, 3.8) is 0 Å². The Kier molecular flexibility index (Phi) is 36.5. The molecule has 1 radical (unpaired) electrons. The molecule has 0 saturated carbocycles. The molecule has 0 rings (SSSR count). The minimum Gasteiger partial charge on any atom is -1.00 e. The summed E-state index contributed by atoms with van der Waals surface area (Å²) in [6.45, 7) is -2.25. The number of halogens is 2. The molecule has 0 heterocycles. The normalized spacial score (nSPS) is 8.56. The van der Waals surface area contributed by atoms with Gasteiger partial charge in [0.1, 0.15) is 0 Å². The largest absolute Gasteiger partial charge is 3.00 e. The van der Waals surface area contributed by atoms with Crippen molar-refractivity contribution in [2.45, 2.75) is 0 Å². The molecule has 0 amide bonds. The standard InChI is InChI=1S/C10H16N2O8.2ClH.K.H2O.Ru/c13-7(14)3-11(4-8(15)16)1-2-12(5-9(17)18)6-10(19)20;;;;;/h1-6H2,(H,13,14)(H,15,16)(H,17,18)(H,19,20);2*1H;;1H2;/q;;;+1;;+3/p-2. The van der Waals surface area contributed by atoms with Crippen LogP contribution in [0.2, 0.25) is 0 Å². The third-order valence-corrected chi connectivity index (χ3v) is 2.17. The Morgan fingerprint density at radius 1 is 0.600 bits per heavy atom. The first kappa shape index (κ1) is 40.3. The molecule has 11 nitrogen and oxygen atoms in total. The summed E-state index contributed by atoms with van der Waals surface area (Å²) in [6.07, 6.45) is 0. The number of carboxylic acids is 4. The number of carbonyl (C=O) groups is 4. The number of nitrogens with zero attached hydrogens (tertiary/aromatic N) is 2. The Morgan fingerprint density at radius 3 is 0.880 bits per heavy atom. The smallest absolute Gasteiger partial charge is 1.00 e. The van der Waals surface area contributed by atoms with E-state index in [0.29, 0.717) is 0 Å². The van der Waals surface area contributed by atoms with Crippen molar-refractivity contribution in [3.8, 4) is 0 Å². The Bertz CT molecular complexity index is 339. The molecule has 0 aliphatic carbocycles. The third kappa shape index (κ3) is 26.9. The molecule has 0 bridgehead atoms. The van der Waals surface area contributed by atoms with E-state index < -0.39 is 50.1 Å². The van der Waals surface area contributed by atoms with Crippen molar-refractivity contribution in [2.75, 3.05) is 39.3 Å². The average molecular weight is 521 g/mol. The molecule has 0 aromatic carbocycles. The molecule has 0 aliphatic rings. The van der Waals surface area contributed by atoms with Crippen LogP contribution in [-0.2, 0) is 38.7 Å². The SMILES string of the molecule is O.O=C(O)CN(CCN(CC(=O)O)CC(=O)O)CC(=O)O.[Cl-].[Cl-].[K+].[Ru+3]. The minimum absolute atomic E-state index is 0. The first-order valence-electron chi connectivity index (χ1n) is 5.52. The molecule has 0 atom stereocenters. The van der Waals surface area contributed by atoms with Gasteiger partial charge < -0.3 is 50.7 Å². The molecule has 0 fully saturated rings. The van der Waals surface area contributed by atoms with Crippen molar-refractivity contribution >= 4 is 23.9 Å². The van der Waals surface area contributed by atoms with Crippen LogP contribution < -0.4 is 76.2 Å². The minimum atomic E-state index is -1.23. The molecule has 0 spiro atoms. The fourth-order valence-electron chi connectivity index (χ4n) is 1.48. The van der Waals surface area contributed by atoms with Crippen molar-refractivity contribution in [2.24, 2.45) is 0 Å². The molecule has 25 heavy (non-hydrogen) atoms. The maximum absolute atomic E-state index is 10.6. The summed E-state index contributed by atoms with van der Waals surface area (Å²) >= 11 is 0. The summed E-state index contributed by atoms with van der Waals surface area (Å²) in [7, 11) is 0. The van der Waals surface area contributed by atoms with Crippen LogP contribution in [0, 0.1) is 0 Å². The van der Waals surface area contributed by atoms with Crippen molar-refractivity contribution < 1.29 is 141 Å². The summed E-state index contributed by atoms with van der Waals surface area (Å²) in [6, 6.07) is 0. The zero-order valence-corrected chi connectivity index (χ0v) is 19.5. The molecule has 0 aromatic rings. The molecule has 0 saturated heterocycles. The monoisotopic (exact) mass is 521 g/mol. The molecule has 143 valence electrons. The fourth-order valence-corrected chi connectivity index (χ4v) is 1.48. The van der Waals surface area contributed by atoms with Gasteiger partial charge in [-0.3, -0.25) is 29.0 Å². The molecule has 0 aliphatic heterocycles. The van der Waals surface area contributed by atoms with Crippen LogP contribution in [0.15, 0.2) is 0 Å². The van der Waals surface area contributed by atoms with E-state index in [9.17, 15) is 19.2 Å². The van der Waals surface area contributed by atoms with E-state index in [1.165, 1.54) is 0 Å². The number of carboxylic acid groups (broad SMARTS) is 4. The summed E-state index contributed by atoms with van der Waals surface area (Å²) < 4.78 is 0. The van der Waals surface area contributed by atoms with Crippen LogP contribution in [0.3, 0.4) is 0 Å². The number of rotatable bonds is 11. The molecular formula is C10H18Cl2KN2O9Ru+2. The van der Waals surface area contributed by atoms with E-state index in [0.717, 1.165) is 9.80 Å². The van der Waals surface area contributed by atoms with E-state index in [2.05, 4.69) is 0 Å². The van der Waals surface area contributed by atoms with Crippen LogP contribution in [0.25, 0.3) is 0 Å². The predicted molar refractivity (Wildman–Crippen MR) is 67.0 cm³/mol. The van der Waals surface area contributed by atoms with Crippen LogP contribution in [0.1, 0.15) is 0 Å². The van der Waals surface area contributed by atoms with E-state index in [-0.39, 0.29) is 114 Å². The first-order chi connectivity index (χ1) is 9.20. The van der Waals surface area contributed by atoms with Gasteiger partial charge in [0, 0.05) is 13.1 Å². The Morgan fingerprint density at radius 2 is 0.760 bits per heavy atom. The zero-order chi connectivity index (χ0) is 15.7. The van der Waals surface area contributed by atoms with Crippen LogP contribution in [-0.4, -0.2) is 98.8 Å². The van der Waals surface area contributed by atoms with Crippen molar-refractivity contribution in [1.29, 1.82) is 0 Å². The van der Waals surface area contributed by atoms with Gasteiger partial charge in [0.25, 0.3) is 0 Å². The number of hydrogen-bond acceptors (Lipinski definition) is 6. The van der Waals surface area contributed by atoms with Crippen molar-refractivity contribution in [1.82, 2.24) is 9.80 Å². The second-order valence-electron chi connectivity index (χ2n) is 4.00. The number of hydrogen-bond donors (Lipinski definition) is 4. The van der Waals surface area contributed by atoms with E-state index >= 15 is 0 Å². The second-order valence-corrected chi connectivity index (χ2v) is 4.00. The van der Waals surface area contributed by atoms with E-state index in [1.54, 1.807) is 0 Å². The van der Waals surface area contributed by atoms with Gasteiger partial charge in [-0.05, 0) is 0 Å². The van der Waals surface area contributed by atoms with Crippen LogP contribution in [0.5, 0.6) is 0 Å². The van der Waals surface area contributed by atoms with Crippen LogP contribution >= 0.6 is 0 Å². The van der Waals surface area contributed by atoms with Gasteiger partial charge in [0.15, 0.2) is 0 Å². The molecule has 0 aromatic heterocycles.